The highest BCUT2D eigenvalue weighted by Crippen LogP contribution is 2.44. The third kappa shape index (κ3) is 3.60. The molecule has 2 aromatic rings. The van der Waals surface area contributed by atoms with Crippen LogP contribution in [0.5, 0.6) is 0 Å². The van der Waals surface area contributed by atoms with E-state index in [1.54, 1.807) is 14.0 Å². The number of rotatable bonds is 3. The van der Waals surface area contributed by atoms with Gasteiger partial charge >= 0.3 is 4.87 Å². The molecule has 6 nitrogen and oxygen atoms in total. The van der Waals surface area contributed by atoms with Crippen molar-refractivity contribution in [1.29, 1.82) is 0 Å². The topological polar surface area (TPSA) is 94.2 Å². The van der Waals surface area contributed by atoms with E-state index in [2.05, 4.69) is 26.1 Å². The van der Waals surface area contributed by atoms with Crippen LogP contribution in [0.4, 0.5) is 5.00 Å². The number of fused-ring (bicyclic) bond motifs is 1. The van der Waals surface area contributed by atoms with Gasteiger partial charge in [0.1, 0.15) is 9.88 Å². The van der Waals surface area contributed by atoms with E-state index < -0.39 is 5.91 Å². The Bertz CT molecular complexity index is 976. The van der Waals surface area contributed by atoms with Crippen molar-refractivity contribution in [3.8, 4) is 0 Å². The summed E-state index contributed by atoms with van der Waals surface area (Å²) >= 11 is 2.34. The molecular weight excluding hydrogens is 382 g/mol. The molecule has 0 radical (unpaired) electrons. The molecule has 1 atom stereocenters. The number of thiophene rings is 1. The number of nitrogens with one attached hydrogen (secondary N) is 1. The number of nitrogens with two attached hydrogens (primary N) is 1. The molecule has 1 aliphatic rings. The number of hydrogen-bond donors (Lipinski definition) is 2. The highest BCUT2D eigenvalue weighted by atomic mass is 32.1. The number of carbonyl (C=O) groups is 2. The zero-order valence-corrected chi connectivity index (χ0v) is 17.9. The molecule has 1 aliphatic carbocycles. The minimum atomic E-state index is -0.519. The normalized spacial score (nSPS) is 16.9. The van der Waals surface area contributed by atoms with Crippen LogP contribution in [0.3, 0.4) is 0 Å². The summed E-state index contributed by atoms with van der Waals surface area (Å²) in [5, 5.41) is 3.33. The van der Waals surface area contributed by atoms with Gasteiger partial charge in [-0.25, -0.2) is 0 Å². The van der Waals surface area contributed by atoms with Gasteiger partial charge < -0.3 is 15.6 Å². The number of hydrogen-bond acceptors (Lipinski definition) is 5. The van der Waals surface area contributed by atoms with Crippen LogP contribution in [0, 0.1) is 18.3 Å². The Labute approximate surface area is 166 Å². The van der Waals surface area contributed by atoms with Crippen LogP contribution in [0.2, 0.25) is 0 Å². The number of anilines is 1. The molecule has 2 amide bonds. The second-order valence-electron chi connectivity index (χ2n) is 8.17. The Morgan fingerprint density at radius 3 is 2.44 bits per heavy atom. The number of carbonyl (C=O) groups excluding carboxylic acids is 2. The number of nitrogens with zero attached hydrogens (tertiary/aromatic N) is 1. The lowest BCUT2D eigenvalue weighted by Gasteiger charge is -2.33. The van der Waals surface area contributed by atoms with Gasteiger partial charge in [0.15, 0.2) is 0 Å². The van der Waals surface area contributed by atoms with Gasteiger partial charge in [0.2, 0.25) is 0 Å². The molecule has 8 heteroatoms. The van der Waals surface area contributed by atoms with Crippen LogP contribution in [0.25, 0.3) is 0 Å². The smallest absolute Gasteiger partial charge is 0.307 e. The van der Waals surface area contributed by atoms with E-state index in [4.69, 9.17) is 5.73 Å². The van der Waals surface area contributed by atoms with Crippen molar-refractivity contribution in [3.05, 3.63) is 36.2 Å². The van der Waals surface area contributed by atoms with Crippen LogP contribution in [-0.4, -0.2) is 16.4 Å². The van der Waals surface area contributed by atoms with E-state index in [1.165, 1.54) is 15.9 Å². The van der Waals surface area contributed by atoms with Crippen molar-refractivity contribution in [2.24, 2.45) is 24.1 Å². The summed E-state index contributed by atoms with van der Waals surface area (Å²) in [7, 11) is 1.64. The number of aromatic nitrogens is 1. The summed E-state index contributed by atoms with van der Waals surface area (Å²) < 4.78 is 1.45. The Hall–Kier alpha value is -1.93. The second-order valence-corrected chi connectivity index (χ2v) is 10.2. The van der Waals surface area contributed by atoms with Gasteiger partial charge in [-0.15, -0.1) is 11.3 Å². The third-order valence-corrected chi connectivity index (χ3v) is 7.77. The summed E-state index contributed by atoms with van der Waals surface area (Å²) in [4.78, 5) is 37.9. The van der Waals surface area contributed by atoms with Gasteiger partial charge in [-0.3, -0.25) is 14.4 Å². The minimum absolute atomic E-state index is 0.186. The van der Waals surface area contributed by atoms with Crippen LogP contribution >= 0.6 is 22.7 Å². The highest BCUT2D eigenvalue weighted by Gasteiger charge is 2.33. The van der Waals surface area contributed by atoms with Gasteiger partial charge in [0.05, 0.1) is 5.56 Å². The highest BCUT2D eigenvalue weighted by molar-refractivity contribution is 7.17. The van der Waals surface area contributed by atoms with E-state index in [1.807, 2.05) is 0 Å². The molecular formula is C19H25N3O3S2. The Morgan fingerprint density at radius 2 is 1.93 bits per heavy atom. The van der Waals surface area contributed by atoms with E-state index in [0.29, 0.717) is 27.1 Å². The molecule has 3 rings (SSSR count). The third-order valence-electron chi connectivity index (χ3n) is 5.46. The predicted molar refractivity (Wildman–Crippen MR) is 110 cm³/mol. The fourth-order valence-electron chi connectivity index (χ4n) is 3.56. The quantitative estimate of drug-likeness (QED) is 0.817. The fraction of sp³-hybridized carbons (Fsp3) is 0.526. The predicted octanol–water partition coefficient (Wildman–Crippen LogP) is 3.32. The van der Waals surface area contributed by atoms with Gasteiger partial charge in [-0.2, -0.15) is 0 Å². The first-order valence-electron chi connectivity index (χ1n) is 8.92. The standard InChI is InChI=1S/C19H25N3O3S2/c1-9-14(27-18(25)22(9)5)16(24)21-17-13(15(20)23)11-7-6-10(19(2,3)4)8-12(11)26-17/h10H,6-8H2,1-5H3,(H2,20,23)(H,21,24). The lowest BCUT2D eigenvalue weighted by atomic mass is 9.72. The van der Waals surface area contributed by atoms with E-state index in [0.717, 1.165) is 41.0 Å². The summed E-state index contributed by atoms with van der Waals surface area (Å²) in [5.41, 5.74) is 7.84. The Balaban J connectivity index is 1.96. The molecule has 0 bridgehead atoms. The van der Waals surface area contributed by atoms with E-state index >= 15 is 0 Å². The van der Waals surface area contributed by atoms with Gasteiger partial charge in [0, 0.05) is 17.6 Å². The molecule has 0 spiro atoms. The van der Waals surface area contributed by atoms with Crippen molar-refractivity contribution < 1.29 is 9.59 Å². The molecule has 27 heavy (non-hydrogen) atoms. The summed E-state index contributed by atoms with van der Waals surface area (Å²) in [6, 6.07) is 0. The average Bonchev–Trinajstić information content (AvgIpc) is 3.05. The first-order valence-corrected chi connectivity index (χ1v) is 10.6. The molecule has 1 unspecified atom stereocenters. The number of primary amides is 1. The maximum Gasteiger partial charge on any atom is 0.307 e. The molecule has 0 saturated carbocycles. The van der Waals surface area contributed by atoms with Crippen molar-refractivity contribution in [2.75, 3.05) is 5.32 Å². The molecule has 0 saturated heterocycles. The van der Waals surface area contributed by atoms with Crippen LogP contribution in [0.1, 0.15) is 63.4 Å². The van der Waals surface area contributed by atoms with Crippen molar-refractivity contribution in [3.63, 3.8) is 0 Å². The molecule has 0 fully saturated rings. The Morgan fingerprint density at radius 1 is 1.26 bits per heavy atom. The van der Waals surface area contributed by atoms with E-state index in [-0.39, 0.29) is 16.2 Å². The van der Waals surface area contributed by atoms with Gasteiger partial charge in [-0.05, 0) is 43.1 Å². The van der Waals surface area contributed by atoms with Crippen LogP contribution in [0.15, 0.2) is 4.79 Å². The molecule has 146 valence electrons. The van der Waals surface area contributed by atoms with Gasteiger partial charge in [-0.1, -0.05) is 32.1 Å². The SMILES string of the molecule is Cc1c(C(=O)Nc2sc3c(c2C(N)=O)CCC(C(C)(C)C)C3)sc(=O)n1C. The van der Waals surface area contributed by atoms with Crippen LogP contribution < -0.4 is 15.9 Å². The summed E-state index contributed by atoms with van der Waals surface area (Å²) in [6.07, 6.45) is 2.68. The lowest BCUT2D eigenvalue weighted by Crippen LogP contribution is -2.27. The van der Waals surface area contributed by atoms with E-state index in [9.17, 15) is 14.4 Å². The summed E-state index contributed by atoms with van der Waals surface area (Å²) in [5.74, 6) is -0.367. The maximum atomic E-state index is 12.7. The maximum absolute atomic E-state index is 12.7. The molecule has 2 aromatic heterocycles. The first-order chi connectivity index (χ1) is 12.5. The van der Waals surface area contributed by atoms with Gasteiger partial charge in [0.25, 0.3) is 11.8 Å². The second kappa shape index (κ2) is 6.91. The van der Waals surface area contributed by atoms with Crippen molar-refractivity contribution >= 4 is 39.5 Å². The van der Waals surface area contributed by atoms with Crippen molar-refractivity contribution in [1.82, 2.24) is 4.57 Å². The monoisotopic (exact) mass is 407 g/mol. The van der Waals surface area contributed by atoms with Crippen LogP contribution in [-0.2, 0) is 19.9 Å². The lowest BCUT2D eigenvalue weighted by molar-refractivity contribution is 0.1000. The number of amides is 2. The molecule has 0 aliphatic heterocycles. The largest absolute Gasteiger partial charge is 0.365 e. The first kappa shape index (κ1) is 19.8. The van der Waals surface area contributed by atoms with Crippen molar-refractivity contribution in [2.45, 2.75) is 47.0 Å². The molecule has 2 heterocycles. The molecule has 0 aromatic carbocycles. The zero-order chi connectivity index (χ0) is 20.1. The Kier molecular flexibility index (Phi) is 5.07. The minimum Gasteiger partial charge on any atom is -0.365 e. The summed E-state index contributed by atoms with van der Waals surface area (Å²) in [6.45, 7) is 8.42. The average molecular weight is 408 g/mol. The fourth-order valence-corrected chi connectivity index (χ4v) is 5.77. The molecule has 3 N–H and O–H groups in total. The zero-order valence-electron chi connectivity index (χ0n) is 16.3. The number of thiazole rings is 1.